The van der Waals surface area contributed by atoms with Gasteiger partial charge in [0.15, 0.2) is 6.10 Å². The Kier molecular flexibility index (Phi) is 69.1. The zero-order valence-electron chi connectivity index (χ0n) is 55.7. The average Bonchev–Trinajstić information content (AvgIpc) is 3.49. The van der Waals surface area contributed by atoms with E-state index in [1.807, 2.05) is 0 Å². The summed E-state index contributed by atoms with van der Waals surface area (Å²) in [5, 5.41) is 0. The Morgan fingerprint density at radius 3 is 0.735 bits per heavy atom. The molecule has 0 N–H and O–H groups in total. The molecule has 0 saturated carbocycles. The average molecular weight is 1160 g/mol. The van der Waals surface area contributed by atoms with E-state index in [0.29, 0.717) is 19.3 Å². The number of allylic oxidation sites excluding steroid dienone is 10. The molecule has 484 valence electrons. The van der Waals surface area contributed by atoms with Gasteiger partial charge >= 0.3 is 17.9 Å². The molecule has 0 aromatic carbocycles. The first-order valence-electron chi connectivity index (χ1n) is 36.8. The molecule has 1 unspecified atom stereocenters. The molecular weight excluding hydrogens is 1020 g/mol. The number of rotatable bonds is 68. The van der Waals surface area contributed by atoms with E-state index < -0.39 is 6.10 Å². The first kappa shape index (κ1) is 80.1. The van der Waals surface area contributed by atoms with Gasteiger partial charge in [0.25, 0.3) is 0 Å². The maximum Gasteiger partial charge on any atom is 0.306 e. The van der Waals surface area contributed by atoms with Crippen LogP contribution in [0.2, 0.25) is 0 Å². The largest absolute Gasteiger partial charge is 0.462 e. The summed E-state index contributed by atoms with van der Waals surface area (Å²) in [6.45, 7) is 6.58. The molecule has 0 aliphatic heterocycles. The summed E-state index contributed by atoms with van der Waals surface area (Å²) >= 11 is 0. The monoisotopic (exact) mass is 1160 g/mol. The molecular formula is C77H140O6. The second kappa shape index (κ2) is 71.6. The molecule has 83 heavy (non-hydrogen) atoms. The zero-order chi connectivity index (χ0) is 59.9. The van der Waals surface area contributed by atoms with Gasteiger partial charge in [0.1, 0.15) is 13.2 Å². The van der Waals surface area contributed by atoms with Crippen LogP contribution in [0.15, 0.2) is 60.8 Å². The first-order chi connectivity index (χ1) is 41.0. The minimum absolute atomic E-state index is 0.0795. The van der Waals surface area contributed by atoms with E-state index in [2.05, 4.69) is 81.5 Å². The molecule has 0 radical (unpaired) electrons. The third-order valence-electron chi connectivity index (χ3n) is 16.5. The molecule has 0 amide bonds. The second-order valence-electron chi connectivity index (χ2n) is 24.8. The maximum absolute atomic E-state index is 13.0. The smallest absolute Gasteiger partial charge is 0.306 e. The van der Waals surface area contributed by atoms with Gasteiger partial charge in [-0.3, -0.25) is 14.4 Å². The molecule has 0 fully saturated rings. The van der Waals surface area contributed by atoms with Gasteiger partial charge in [-0.05, 0) is 64.2 Å². The lowest BCUT2D eigenvalue weighted by atomic mass is 10.0. The molecule has 0 aromatic rings. The first-order valence-corrected chi connectivity index (χ1v) is 36.8. The number of unbranched alkanes of at least 4 members (excludes halogenated alkanes) is 47. The fraction of sp³-hybridized carbons (Fsp3) is 0.831. The van der Waals surface area contributed by atoms with Crippen molar-refractivity contribution in [1.82, 2.24) is 0 Å². The molecule has 0 aliphatic rings. The Labute approximate surface area is 517 Å². The Morgan fingerprint density at radius 2 is 0.470 bits per heavy atom. The zero-order valence-corrected chi connectivity index (χ0v) is 55.7. The van der Waals surface area contributed by atoms with E-state index in [4.69, 9.17) is 14.2 Å². The van der Waals surface area contributed by atoms with Crippen LogP contribution < -0.4 is 0 Å². The minimum Gasteiger partial charge on any atom is -0.462 e. The van der Waals surface area contributed by atoms with E-state index >= 15 is 0 Å². The highest BCUT2D eigenvalue weighted by molar-refractivity contribution is 5.71. The predicted molar refractivity (Wildman–Crippen MR) is 362 cm³/mol. The van der Waals surface area contributed by atoms with Crippen molar-refractivity contribution in [2.45, 2.75) is 399 Å². The van der Waals surface area contributed by atoms with Gasteiger partial charge < -0.3 is 14.2 Å². The van der Waals surface area contributed by atoms with E-state index in [9.17, 15) is 14.4 Å². The van der Waals surface area contributed by atoms with Crippen molar-refractivity contribution < 1.29 is 28.6 Å². The lowest BCUT2D eigenvalue weighted by Gasteiger charge is -2.18. The van der Waals surface area contributed by atoms with Crippen LogP contribution in [0, 0.1) is 0 Å². The van der Waals surface area contributed by atoms with Crippen molar-refractivity contribution in [2.24, 2.45) is 0 Å². The van der Waals surface area contributed by atoms with Gasteiger partial charge in [-0.2, -0.15) is 0 Å². The Bertz CT molecular complexity index is 1470. The van der Waals surface area contributed by atoms with Gasteiger partial charge in [0.2, 0.25) is 0 Å². The van der Waals surface area contributed by atoms with E-state index in [0.717, 1.165) is 96.3 Å². The molecule has 0 saturated heterocycles. The topological polar surface area (TPSA) is 78.9 Å². The number of hydrogen-bond donors (Lipinski definition) is 0. The summed E-state index contributed by atoms with van der Waals surface area (Å²) in [7, 11) is 0. The van der Waals surface area contributed by atoms with E-state index in [-0.39, 0.29) is 31.1 Å². The Hall–Kier alpha value is -2.89. The van der Waals surface area contributed by atoms with Crippen molar-refractivity contribution in [1.29, 1.82) is 0 Å². The van der Waals surface area contributed by atoms with Crippen molar-refractivity contribution in [3.05, 3.63) is 60.8 Å². The highest BCUT2D eigenvalue weighted by Gasteiger charge is 2.19. The number of esters is 3. The van der Waals surface area contributed by atoms with Crippen molar-refractivity contribution >= 4 is 17.9 Å². The molecule has 0 aromatic heterocycles. The maximum atomic E-state index is 13.0. The molecule has 1 atom stereocenters. The molecule has 0 bridgehead atoms. The Morgan fingerprint density at radius 1 is 0.253 bits per heavy atom. The second-order valence-corrected chi connectivity index (χ2v) is 24.8. The summed E-state index contributed by atoms with van der Waals surface area (Å²) in [4.78, 5) is 38.5. The quantitative estimate of drug-likeness (QED) is 0.0261. The van der Waals surface area contributed by atoms with Crippen LogP contribution >= 0.6 is 0 Å². The van der Waals surface area contributed by atoms with Crippen molar-refractivity contribution in [2.75, 3.05) is 13.2 Å². The Balaban J connectivity index is 4.33. The number of ether oxygens (including phenoxy) is 3. The van der Waals surface area contributed by atoms with Crippen LogP contribution in [-0.2, 0) is 28.6 Å². The fourth-order valence-electron chi connectivity index (χ4n) is 11.1. The summed E-state index contributed by atoms with van der Waals surface area (Å²) in [6.07, 6.45) is 92.6. The summed E-state index contributed by atoms with van der Waals surface area (Å²) in [5.41, 5.74) is 0. The minimum atomic E-state index is -0.787. The molecule has 6 heteroatoms. The van der Waals surface area contributed by atoms with Gasteiger partial charge in [-0.25, -0.2) is 0 Å². The third-order valence-corrected chi connectivity index (χ3v) is 16.5. The standard InChI is InChI=1S/C77H140O6/c1-4-7-10-13-16-19-22-25-28-31-34-36-37-38-39-41-43-46-49-52-55-58-61-64-67-70-76(79)82-73-74(72-81-75(78)69-66-63-60-57-54-51-48-45-42-33-30-27-24-21-18-15-12-9-6-3)83-77(80)71-68-65-62-59-56-53-50-47-44-40-35-32-29-26-23-20-17-14-11-8-5-2/h9,12,18,21,27,30,42,45,51,54,74H,4-8,10-11,13-17,19-20,22-26,28-29,31-41,43-44,46-50,52-53,55-73H2,1-3H3/b12-9-,21-18-,30-27-,45-42-,54-51-. The van der Waals surface area contributed by atoms with Crippen LogP contribution in [0.4, 0.5) is 0 Å². The van der Waals surface area contributed by atoms with Gasteiger partial charge in [-0.15, -0.1) is 0 Å². The van der Waals surface area contributed by atoms with Crippen molar-refractivity contribution in [3.8, 4) is 0 Å². The predicted octanol–water partition coefficient (Wildman–Crippen LogP) is 25.5. The van der Waals surface area contributed by atoms with Gasteiger partial charge in [0.05, 0.1) is 0 Å². The van der Waals surface area contributed by atoms with Gasteiger partial charge in [-0.1, -0.05) is 370 Å². The molecule has 0 aliphatic carbocycles. The molecule has 0 heterocycles. The van der Waals surface area contributed by atoms with E-state index in [1.54, 1.807) is 0 Å². The van der Waals surface area contributed by atoms with E-state index in [1.165, 1.54) is 257 Å². The van der Waals surface area contributed by atoms with Crippen LogP contribution in [0.1, 0.15) is 393 Å². The fourth-order valence-corrected chi connectivity index (χ4v) is 11.1. The number of carbonyl (C=O) groups excluding carboxylic acids is 3. The summed E-state index contributed by atoms with van der Waals surface area (Å²) in [5.74, 6) is -0.884. The SMILES string of the molecule is CC/C=C\C/C=C\C/C=C\C/C=C\C/C=C\CCCCCC(=O)OCC(COC(=O)CCCCCCCCCCCCCCCCCCCCCCCCCCC)OC(=O)CCCCCCCCCCCCCCCCCCCCCCC. The number of carbonyl (C=O) groups is 3. The van der Waals surface area contributed by atoms with Crippen LogP contribution in [0.3, 0.4) is 0 Å². The summed E-state index contributed by atoms with van der Waals surface area (Å²) in [6, 6.07) is 0. The molecule has 6 nitrogen and oxygen atoms in total. The highest BCUT2D eigenvalue weighted by atomic mass is 16.6. The summed E-state index contributed by atoms with van der Waals surface area (Å²) < 4.78 is 17.0. The highest BCUT2D eigenvalue weighted by Crippen LogP contribution is 2.19. The van der Waals surface area contributed by atoms with Crippen LogP contribution in [0.5, 0.6) is 0 Å². The van der Waals surface area contributed by atoms with Gasteiger partial charge in [0, 0.05) is 19.3 Å². The third kappa shape index (κ3) is 69.8. The normalized spacial score (nSPS) is 12.4. The lowest BCUT2D eigenvalue weighted by molar-refractivity contribution is -0.167. The lowest BCUT2D eigenvalue weighted by Crippen LogP contribution is -2.30. The van der Waals surface area contributed by atoms with Crippen molar-refractivity contribution in [3.63, 3.8) is 0 Å². The van der Waals surface area contributed by atoms with Crippen LogP contribution in [0.25, 0.3) is 0 Å². The molecule has 0 spiro atoms. The molecule has 0 rings (SSSR count). The number of hydrogen-bond acceptors (Lipinski definition) is 6. The van der Waals surface area contributed by atoms with Crippen LogP contribution in [-0.4, -0.2) is 37.2 Å².